The third-order valence-corrected chi connectivity index (χ3v) is 5.25. The first-order valence-corrected chi connectivity index (χ1v) is 9.61. The van der Waals surface area contributed by atoms with Gasteiger partial charge in [0.25, 0.3) is 0 Å². The number of phenolic OH excluding ortho intramolecular Hbond substituents is 1. The molecule has 1 atom stereocenters. The molecule has 0 radical (unpaired) electrons. The number of anilines is 1. The number of halogens is 1. The molecule has 1 amide bonds. The fraction of sp³-hybridized carbons (Fsp3) is 0.174. The second kappa shape index (κ2) is 8.05. The van der Waals surface area contributed by atoms with Crippen molar-refractivity contribution in [3.05, 3.63) is 95.0 Å². The van der Waals surface area contributed by atoms with E-state index in [1.54, 1.807) is 24.3 Å². The molecular weight excluding hydrogens is 372 g/mol. The van der Waals surface area contributed by atoms with Crippen molar-refractivity contribution >= 4 is 23.2 Å². The van der Waals surface area contributed by atoms with E-state index in [1.165, 1.54) is 5.56 Å². The number of aromatic hydroxyl groups is 1. The van der Waals surface area contributed by atoms with Crippen LogP contribution in [0.2, 0.25) is 5.02 Å². The number of piperazine rings is 1. The van der Waals surface area contributed by atoms with E-state index in [0.29, 0.717) is 18.1 Å². The Balaban J connectivity index is 1.66. The summed E-state index contributed by atoms with van der Waals surface area (Å²) in [6.07, 6.45) is 0. The van der Waals surface area contributed by atoms with Gasteiger partial charge in [0, 0.05) is 23.8 Å². The van der Waals surface area contributed by atoms with Crippen molar-refractivity contribution in [3.63, 3.8) is 0 Å². The van der Waals surface area contributed by atoms with Gasteiger partial charge in [-0.25, -0.2) is 0 Å². The van der Waals surface area contributed by atoms with Crippen molar-refractivity contribution in [2.75, 3.05) is 18.0 Å². The number of benzene rings is 3. The predicted octanol–water partition coefficient (Wildman–Crippen LogP) is 4.64. The molecule has 1 heterocycles. The Hall–Kier alpha value is -2.82. The predicted molar refractivity (Wildman–Crippen MR) is 112 cm³/mol. The van der Waals surface area contributed by atoms with E-state index in [0.717, 1.165) is 17.8 Å². The number of nitrogens with zero attached hydrogens (tertiary/aromatic N) is 2. The Kier molecular flexibility index (Phi) is 5.33. The normalized spacial score (nSPS) is 17.7. The summed E-state index contributed by atoms with van der Waals surface area (Å²) in [6, 6.07) is 24.5. The number of rotatable bonds is 4. The standard InChI is InChI=1S/C23H21ClN2O2/c24-19-8-6-18(7-9-19)22-15-25(14-17-4-2-1-3-5-17)16-23(28)26(22)20-10-12-21(27)13-11-20/h1-13,22,27H,14-16H2. The van der Waals surface area contributed by atoms with E-state index in [9.17, 15) is 9.90 Å². The first-order chi connectivity index (χ1) is 13.6. The zero-order chi connectivity index (χ0) is 19.5. The first kappa shape index (κ1) is 18.5. The Morgan fingerprint density at radius 2 is 1.61 bits per heavy atom. The van der Waals surface area contributed by atoms with Crippen LogP contribution in [0.15, 0.2) is 78.9 Å². The SMILES string of the molecule is O=C1CN(Cc2ccccc2)CC(c2ccc(Cl)cc2)N1c1ccc(O)cc1. The summed E-state index contributed by atoms with van der Waals surface area (Å²) in [7, 11) is 0. The number of amides is 1. The van der Waals surface area contributed by atoms with Gasteiger partial charge < -0.3 is 10.0 Å². The molecule has 1 aliphatic heterocycles. The van der Waals surface area contributed by atoms with Gasteiger partial charge in [0.15, 0.2) is 0 Å². The minimum atomic E-state index is -0.133. The minimum absolute atomic E-state index is 0.0350. The van der Waals surface area contributed by atoms with Crippen LogP contribution in [0.1, 0.15) is 17.2 Å². The molecule has 28 heavy (non-hydrogen) atoms. The maximum Gasteiger partial charge on any atom is 0.241 e. The largest absolute Gasteiger partial charge is 0.508 e. The van der Waals surface area contributed by atoms with Crippen LogP contribution in [0.3, 0.4) is 0 Å². The topological polar surface area (TPSA) is 43.8 Å². The smallest absolute Gasteiger partial charge is 0.241 e. The highest BCUT2D eigenvalue weighted by atomic mass is 35.5. The average Bonchev–Trinajstić information content (AvgIpc) is 2.70. The fourth-order valence-corrected chi connectivity index (χ4v) is 3.80. The first-order valence-electron chi connectivity index (χ1n) is 9.23. The number of hydrogen-bond donors (Lipinski definition) is 1. The van der Waals surface area contributed by atoms with Crippen LogP contribution in [0.25, 0.3) is 0 Å². The summed E-state index contributed by atoms with van der Waals surface area (Å²) in [5.41, 5.74) is 2.99. The highest BCUT2D eigenvalue weighted by Crippen LogP contribution is 2.33. The van der Waals surface area contributed by atoms with Crippen LogP contribution < -0.4 is 4.90 Å². The highest BCUT2D eigenvalue weighted by Gasteiger charge is 2.34. The van der Waals surface area contributed by atoms with Crippen LogP contribution in [0.5, 0.6) is 5.75 Å². The highest BCUT2D eigenvalue weighted by molar-refractivity contribution is 6.30. The molecule has 1 saturated heterocycles. The third kappa shape index (κ3) is 4.03. The molecule has 5 heteroatoms. The molecule has 0 spiro atoms. The van der Waals surface area contributed by atoms with Crippen LogP contribution in [-0.2, 0) is 11.3 Å². The number of phenols is 1. The van der Waals surface area contributed by atoms with Crippen LogP contribution in [0.4, 0.5) is 5.69 Å². The van der Waals surface area contributed by atoms with Crippen LogP contribution >= 0.6 is 11.6 Å². The molecule has 3 aromatic carbocycles. The molecule has 0 saturated carbocycles. The quantitative estimate of drug-likeness (QED) is 0.703. The van der Waals surface area contributed by atoms with Gasteiger partial charge in [-0.05, 0) is 47.5 Å². The Morgan fingerprint density at radius 1 is 0.929 bits per heavy atom. The van der Waals surface area contributed by atoms with E-state index in [1.807, 2.05) is 47.4 Å². The Morgan fingerprint density at radius 3 is 2.29 bits per heavy atom. The summed E-state index contributed by atoms with van der Waals surface area (Å²) in [5, 5.41) is 10.3. The number of carbonyl (C=O) groups is 1. The molecule has 1 fully saturated rings. The summed E-state index contributed by atoms with van der Waals surface area (Å²) in [4.78, 5) is 17.1. The van der Waals surface area contributed by atoms with E-state index < -0.39 is 0 Å². The molecular formula is C23H21ClN2O2. The van der Waals surface area contributed by atoms with Crippen molar-refractivity contribution < 1.29 is 9.90 Å². The lowest BCUT2D eigenvalue weighted by Crippen LogP contribution is -2.52. The van der Waals surface area contributed by atoms with Crippen molar-refractivity contribution in [1.29, 1.82) is 0 Å². The van der Waals surface area contributed by atoms with Crippen molar-refractivity contribution in [1.82, 2.24) is 4.90 Å². The van der Waals surface area contributed by atoms with Gasteiger partial charge >= 0.3 is 0 Å². The van der Waals surface area contributed by atoms with Crippen molar-refractivity contribution in [2.24, 2.45) is 0 Å². The van der Waals surface area contributed by atoms with Gasteiger partial charge in [-0.15, -0.1) is 0 Å². The third-order valence-electron chi connectivity index (χ3n) is 5.00. The maximum atomic E-state index is 13.1. The van der Waals surface area contributed by atoms with E-state index in [2.05, 4.69) is 17.0 Å². The average molecular weight is 393 g/mol. The number of carbonyl (C=O) groups excluding carboxylic acids is 1. The molecule has 4 rings (SSSR count). The molecule has 1 unspecified atom stereocenters. The lowest BCUT2D eigenvalue weighted by Gasteiger charge is -2.41. The summed E-state index contributed by atoms with van der Waals surface area (Å²) < 4.78 is 0. The minimum Gasteiger partial charge on any atom is -0.508 e. The van der Waals surface area contributed by atoms with Gasteiger partial charge in [-0.1, -0.05) is 54.1 Å². The summed E-state index contributed by atoms with van der Waals surface area (Å²) in [5.74, 6) is 0.217. The molecule has 142 valence electrons. The molecule has 3 aromatic rings. The van der Waals surface area contributed by atoms with Crippen molar-refractivity contribution in [3.8, 4) is 5.75 Å². The van der Waals surface area contributed by atoms with Gasteiger partial charge in [0.05, 0.1) is 12.6 Å². The van der Waals surface area contributed by atoms with E-state index in [4.69, 9.17) is 11.6 Å². The summed E-state index contributed by atoms with van der Waals surface area (Å²) in [6.45, 7) is 1.78. The second-order valence-corrected chi connectivity index (χ2v) is 7.44. The van der Waals surface area contributed by atoms with Crippen LogP contribution in [0, 0.1) is 0 Å². The lowest BCUT2D eigenvalue weighted by molar-refractivity contribution is -0.122. The zero-order valence-corrected chi connectivity index (χ0v) is 16.1. The van der Waals surface area contributed by atoms with Crippen molar-refractivity contribution in [2.45, 2.75) is 12.6 Å². The number of hydrogen-bond acceptors (Lipinski definition) is 3. The van der Waals surface area contributed by atoms with Gasteiger partial charge in [0.2, 0.25) is 5.91 Å². The molecule has 4 nitrogen and oxygen atoms in total. The molecule has 1 aliphatic rings. The van der Waals surface area contributed by atoms with E-state index in [-0.39, 0.29) is 17.7 Å². The zero-order valence-electron chi connectivity index (χ0n) is 15.3. The van der Waals surface area contributed by atoms with Crippen LogP contribution in [-0.4, -0.2) is 29.0 Å². The van der Waals surface area contributed by atoms with Gasteiger partial charge in [-0.2, -0.15) is 0 Å². The molecule has 0 aromatic heterocycles. The monoisotopic (exact) mass is 392 g/mol. The van der Waals surface area contributed by atoms with Gasteiger partial charge in [-0.3, -0.25) is 9.69 Å². The molecule has 1 N–H and O–H groups in total. The second-order valence-electron chi connectivity index (χ2n) is 7.00. The molecule has 0 aliphatic carbocycles. The lowest BCUT2D eigenvalue weighted by atomic mass is 10.0. The Labute approximate surface area is 169 Å². The fourth-order valence-electron chi connectivity index (χ4n) is 3.67. The Bertz CT molecular complexity index is 943. The summed E-state index contributed by atoms with van der Waals surface area (Å²) >= 11 is 6.07. The van der Waals surface area contributed by atoms with E-state index >= 15 is 0 Å². The maximum absolute atomic E-state index is 13.1. The molecule has 0 bridgehead atoms. The van der Waals surface area contributed by atoms with Gasteiger partial charge in [0.1, 0.15) is 5.75 Å².